The number of unbranched alkanes of at least 4 members (excludes halogenated alkanes) is 21. The Bertz CT molecular complexity index is 1620. The van der Waals surface area contributed by atoms with Crippen LogP contribution in [0.15, 0.2) is 134 Å². The first-order valence-corrected chi connectivity index (χ1v) is 30.7. The first-order chi connectivity index (χ1) is 37.0. The van der Waals surface area contributed by atoms with Crippen molar-refractivity contribution in [1.82, 2.24) is 0 Å². The minimum atomic E-state index is -0.838. The number of esters is 3. The van der Waals surface area contributed by atoms with E-state index in [2.05, 4.69) is 148 Å². The van der Waals surface area contributed by atoms with Crippen molar-refractivity contribution in [3.05, 3.63) is 134 Å². The number of allylic oxidation sites excluding steroid dienone is 22. The third-order valence-electron chi connectivity index (χ3n) is 12.6. The molecule has 0 amide bonds. The Morgan fingerprint density at radius 3 is 0.920 bits per heavy atom. The maximum atomic E-state index is 12.9. The van der Waals surface area contributed by atoms with Gasteiger partial charge in [-0.05, 0) is 128 Å². The van der Waals surface area contributed by atoms with E-state index in [0.717, 1.165) is 103 Å². The van der Waals surface area contributed by atoms with Crippen molar-refractivity contribution in [3.8, 4) is 0 Å². The SMILES string of the molecule is CC/C=C\C/C=C\C/C=C\C/C=C\C/C=C\CCCCCC(=O)OC[C@H](COC(=O)CCCCCCCCCCC/C=C\CCCCCCCC)OC(=O)CC/C=C\C/C=C\C/C=C\C/C=C\C/C=C\CCCCC. The average Bonchev–Trinajstić information content (AvgIpc) is 3.41. The minimum Gasteiger partial charge on any atom is -0.462 e. The van der Waals surface area contributed by atoms with Crippen LogP contribution in [0.1, 0.15) is 265 Å². The summed E-state index contributed by atoms with van der Waals surface area (Å²) in [4.78, 5) is 38.2. The van der Waals surface area contributed by atoms with E-state index >= 15 is 0 Å². The van der Waals surface area contributed by atoms with Gasteiger partial charge in [-0.3, -0.25) is 14.4 Å². The Balaban J connectivity index is 4.57. The van der Waals surface area contributed by atoms with E-state index in [1.54, 1.807) is 0 Å². The van der Waals surface area contributed by atoms with Crippen molar-refractivity contribution in [2.45, 2.75) is 271 Å². The second-order valence-corrected chi connectivity index (χ2v) is 19.9. The van der Waals surface area contributed by atoms with Crippen LogP contribution in [0, 0.1) is 0 Å². The molecule has 0 aliphatic heterocycles. The summed E-state index contributed by atoms with van der Waals surface area (Å²) in [5, 5.41) is 0. The van der Waals surface area contributed by atoms with Crippen molar-refractivity contribution in [2.75, 3.05) is 13.2 Å². The molecule has 0 aliphatic carbocycles. The van der Waals surface area contributed by atoms with Gasteiger partial charge in [0.2, 0.25) is 0 Å². The van der Waals surface area contributed by atoms with Crippen molar-refractivity contribution >= 4 is 17.9 Å². The summed E-state index contributed by atoms with van der Waals surface area (Å²) in [6.45, 7) is 6.41. The molecule has 0 unspecified atom stereocenters. The molecule has 0 rings (SSSR count). The fourth-order valence-corrected chi connectivity index (χ4v) is 8.03. The van der Waals surface area contributed by atoms with Gasteiger partial charge < -0.3 is 14.2 Å². The summed E-state index contributed by atoms with van der Waals surface area (Å²) in [5.74, 6) is -1.04. The third kappa shape index (κ3) is 60.3. The van der Waals surface area contributed by atoms with E-state index in [9.17, 15) is 14.4 Å². The van der Waals surface area contributed by atoms with Gasteiger partial charge in [-0.25, -0.2) is 0 Å². The summed E-state index contributed by atoms with van der Waals surface area (Å²) in [6, 6.07) is 0. The van der Waals surface area contributed by atoms with Gasteiger partial charge in [0, 0.05) is 19.3 Å². The van der Waals surface area contributed by atoms with Crippen molar-refractivity contribution in [2.24, 2.45) is 0 Å². The molecule has 0 aromatic carbocycles. The Morgan fingerprint density at radius 2 is 0.547 bits per heavy atom. The lowest BCUT2D eigenvalue weighted by atomic mass is 10.1. The molecule has 0 radical (unpaired) electrons. The number of carbonyl (C=O) groups excluding carboxylic acids is 3. The highest BCUT2D eigenvalue weighted by Crippen LogP contribution is 2.14. The highest BCUT2D eigenvalue weighted by molar-refractivity contribution is 5.71. The Hall–Kier alpha value is -4.45. The average molecular weight is 1040 g/mol. The number of carbonyl (C=O) groups is 3. The lowest BCUT2D eigenvalue weighted by molar-refractivity contribution is -0.166. The van der Waals surface area contributed by atoms with Gasteiger partial charge in [-0.1, -0.05) is 251 Å². The molecule has 0 spiro atoms. The van der Waals surface area contributed by atoms with Crippen molar-refractivity contribution < 1.29 is 28.6 Å². The smallest absolute Gasteiger partial charge is 0.306 e. The topological polar surface area (TPSA) is 78.9 Å². The van der Waals surface area contributed by atoms with Crippen LogP contribution in [0.3, 0.4) is 0 Å². The molecule has 0 aromatic rings. The summed E-state index contributed by atoms with van der Waals surface area (Å²) in [5.41, 5.74) is 0. The largest absolute Gasteiger partial charge is 0.462 e. The van der Waals surface area contributed by atoms with Crippen LogP contribution in [-0.2, 0) is 28.6 Å². The maximum Gasteiger partial charge on any atom is 0.306 e. The number of ether oxygens (including phenoxy) is 3. The van der Waals surface area contributed by atoms with Crippen molar-refractivity contribution in [1.29, 1.82) is 0 Å². The summed E-state index contributed by atoms with van der Waals surface area (Å²) < 4.78 is 16.8. The molecule has 0 bridgehead atoms. The number of rotatable bonds is 54. The second kappa shape index (κ2) is 62.1. The van der Waals surface area contributed by atoms with E-state index in [1.165, 1.54) is 116 Å². The molecule has 0 aliphatic rings. The van der Waals surface area contributed by atoms with E-state index in [0.29, 0.717) is 19.3 Å². The Morgan fingerprint density at radius 1 is 0.280 bits per heavy atom. The van der Waals surface area contributed by atoms with Crippen molar-refractivity contribution in [3.63, 3.8) is 0 Å². The number of hydrogen-bond donors (Lipinski definition) is 0. The lowest BCUT2D eigenvalue weighted by Gasteiger charge is -2.18. The second-order valence-electron chi connectivity index (χ2n) is 19.9. The zero-order chi connectivity index (χ0) is 54.3. The predicted octanol–water partition coefficient (Wildman–Crippen LogP) is 21.0. The zero-order valence-electron chi connectivity index (χ0n) is 48.5. The van der Waals surface area contributed by atoms with Gasteiger partial charge in [0.1, 0.15) is 13.2 Å². The molecule has 0 saturated carbocycles. The Labute approximate surface area is 462 Å². The molecular weight excluding hydrogens is 925 g/mol. The van der Waals surface area contributed by atoms with Crippen LogP contribution in [0.25, 0.3) is 0 Å². The Kier molecular flexibility index (Phi) is 58.4. The van der Waals surface area contributed by atoms with Gasteiger partial charge in [-0.15, -0.1) is 0 Å². The van der Waals surface area contributed by atoms with E-state index in [1.807, 2.05) is 6.08 Å². The van der Waals surface area contributed by atoms with E-state index in [-0.39, 0.29) is 31.6 Å². The molecular formula is C69H112O6. The van der Waals surface area contributed by atoms with Gasteiger partial charge in [0.25, 0.3) is 0 Å². The fraction of sp³-hybridized carbons (Fsp3) is 0.638. The van der Waals surface area contributed by atoms with E-state index in [4.69, 9.17) is 14.2 Å². The standard InChI is InChI=1S/C69H112O6/c1-4-7-10-13-16-19-22-25-28-31-34-37-40-43-46-49-52-55-58-61-67(70)73-64-66(75-69(72)63-60-57-54-51-48-45-42-39-36-33-30-27-24-21-18-15-12-9-6-3)65-74-68(71)62-59-56-53-50-47-44-41-38-35-32-29-26-23-20-17-14-11-8-5-2/h7,10,16,18-19,21,25-30,34,36-37,39,43,45-46,48,54,57,66H,4-6,8-9,11-15,17,20,22-24,31-33,35,38,40-42,44,47,49-53,55-56,58-65H2,1-3H3/b10-7-,19-16-,21-18-,28-25-,29-26-,30-27-,37-34-,39-36-,46-43-,48-45-,57-54-/t66-/m1/s1. The molecule has 0 saturated heterocycles. The highest BCUT2D eigenvalue weighted by atomic mass is 16.6. The van der Waals surface area contributed by atoms with Crippen LogP contribution in [0.5, 0.6) is 0 Å². The predicted molar refractivity (Wildman–Crippen MR) is 325 cm³/mol. The van der Waals surface area contributed by atoms with Crippen LogP contribution in [-0.4, -0.2) is 37.2 Å². The van der Waals surface area contributed by atoms with Crippen LogP contribution in [0.4, 0.5) is 0 Å². The van der Waals surface area contributed by atoms with Crippen LogP contribution >= 0.6 is 0 Å². The molecule has 6 heteroatoms. The van der Waals surface area contributed by atoms with Gasteiger partial charge in [0.05, 0.1) is 0 Å². The monoisotopic (exact) mass is 1040 g/mol. The van der Waals surface area contributed by atoms with E-state index < -0.39 is 12.1 Å². The fourth-order valence-electron chi connectivity index (χ4n) is 8.03. The molecule has 75 heavy (non-hydrogen) atoms. The van der Waals surface area contributed by atoms with Gasteiger partial charge in [-0.2, -0.15) is 0 Å². The normalized spacial score (nSPS) is 13.1. The maximum absolute atomic E-state index is 12.9. The molecule has 0 N–H and O–H groups in total. The first kappa shape index (κ1) is 70.5. The van der Waals surface area contributed by atoms with Crippen LogP contribution in [0.2, 0.25) is 0 Å². The minimum absolute atomic E-state index is 0.123. The molecule has 6 nitrogen and oxygen atoms in total. The molecule has 0 aromatic heterocycles. The third-order valence-corrected chi connectivity index (χ3v) is 12.6. The summed E-state index contributed by atoms with van der Waals surface area (Å²) in [6.07, 6.45) is 87.4. The quantitative estimate of drug-likeness (QED) is 0.0261. The first-order valence-electron chi connectivity index (χ1n) is 30.7. The zero-order valence-corrected chi connectivity index (χ0v) is 48.5. The van der Waals surface area contributed by atoms with Gasteiger partial charge in [0.15, 0.2) is 6.10 Å². The summed E-state index contributed by atoms with van der Waals surface area (Å²) in [7, 11) is 0. The lowest BCUT2D eigenvalue weighted by Crippen LogP contribution is -2.30. The summed E-state index contributed by atoms with van der Waals surface area (Å²) >= 11 is 0. The molecule has 1 atom stereocenters. The number of hydrogen-bond acceptors (Lipinski definition) is 6. The van der Waals surface area contributed by atoms with Crippen LogP contribution < -0.4 is 0 Å². The van der Waals surface area contributed by atoms with Gasteiger partial charge >= 0.3 is 17.9 Å². The highest BCUT2D eigenvalue weighted by Gasteiger charge is 2.19. The molecule has 424 valence electrons. The molecule has 0 fully saturated rings. The molecule has 0 heterocycles.